The Hall–Kier alpha value is -0.970. The molecule has 0 aromatic heterocycles. The van der Waals surface area contributed by atoms with Crippen molar-refractivity contribution in [1.29, 1.82) is 0 Å². The minimum Gasteiger partial charge on any atom is -0.385 e. The number of carbonyl (C=O) groups is 1. The lowest BCUT2D eigenvalue weighted by atomic mass is 9.91. The molecule has 0 saturated heterocycles. The lowest BCUT2D eigenvalue weighted by Gasteiger charge is -2.27. The summed E-state index contributed by atoms with van der Waals surface area (Å²) >= 11 is 0. The van der Waals surface area contributed by atoms with Crippen molar-refractivity contribution in [3.63, 3.8) is 0 Å². The summed E-state index contributed by atoms with van der Waals surface area (Å²) in [6.07, 6.45) is 6.11. The highest BCUT2D eigenvalue weighted by molar-refractivity contribution is 5.97. The maximum atomic E-state index is 12.5. The Morgan fingerprint density at radius 3 is 2.64 bits per heavy atom. The van der Waals surface area contributed by atoms with E-state index in [0.717, 1.165) is 56.3 Å². The number of benzene rings is 1. The van der Waals surface area contributed by atoms with Crippen LogP contribution in [-0.2, 0) is 6.42 Å². The number of hydrogen-bond donors (Lipinski definition) is 3. The molecule has 1 saturated carbocycles. The molecule has 0 radical (unpaired) electrons. The highest BCUT2D eigenvalue weighted by Gasteiger charge is 2.23. The fourth-order valence-electron chi connectivity index (χ4n) is 3.25. The van der Waals surface area contributed by atoms with E-state index in [2.05, 4.69) is 16.7 Å². The molecule has 1 aliphatic carbocycles. The summed E-state index contributed by atoms with van der Waals surface area (Å²) in [5, 5.41) is 6.55. The van der Waals surface area contributed by atoms with Crippen molar-refractivity contribution in [1.82, 2.24) is 5.32 Å². The molecular formula is C16H25Cl2N3O. The van der Waals surface area contributed by atoms with E-state index >= 15 is 0 Å². The molecule has 0 unspecified atom stereocenters. The summed E-state index contributed by atoms with van der Waals surface area (Å²) in [7, 11) is 0. The molecule has 0 bridgehead atoms. The third kappa shape index (κ3) is 4.28. The summed E-state index contributed by atoms with van der Waals surface area (Å²) < 4.78 is 0. The zero-order chi connectivity index (χ0) is 13.9. The number of carbonyl (C=O) groups excluding carboxylic acids is 1. The predicted octanol–water partition coefficient (Wildman–Crippen LogP) is 2.89. The van der Waals surface area contributed by atoms with Gasteiger partial charge in [-0.1, -0.05) is 6.07 Å². The van der Waals surface area contributed by atoms with Gasteiger partial charge in [-0.25, -0.2) is 0 Å². The second-order valence-electron chi connectivity index (χ2n) is 5.95. The number of anilines is 1. The molecule has 1 heterocycles. The van der Waals surface area contributed by atoms with Crippen LogP contribution in [0.2, 0.25) is 0 Å². The van der Waals surface area contributed by atoms with Gasteiger partial charge in [0.2, 0.25) is 0 Å². The normalized spacial score (nSPS) is 23.1. The lowest BCUT2D eigenvalue weighted by molar-refractivity contribution is 0.0925. The maximum absolute atomic E-state index is 12.5. The Bertz CT molecular complexity index is 502. The summed E-state index contributed by atoms with van der Waals surface area (Å²) in [6, 6.07) is 6.57. The van der Waals surface area contributed by atoms with Crippen LogP contribution in [0.25, 0.3) is 0 Å². The van der Waals surface area contributed by atoms with Crippen molar-refractivity contribution in [2.75, 3.05) is 11.9 Å². The Balaban J connectivity index is 0.00000121. The molecule has 3 rings (SSSR count). The zero-order valence-electron chi connectivity index (χ0n) is 12.6. The SMILES string of the molecule is Cl.Cl.NC1CCC(NC(=O)c2cccc3c2CCCN3)CC1. The van der Waals surface area contributed by atoms with Gasteiger partial charge >= 0.3 is 0 Å². The molecule has 1 fully saturated rings. The second-order valence-corrected chi connectivity index (χ2v) is 5.95. The number of nitrogens with two attached hydrogens (primary N) is 1. The van der Waals surface area contributed by atoms with Crippen molar-refractivity contribution in [2.24, 2.45) is 5.73 Å². The van der Waals surface area contributed by atoms with Crippen LogP contribution in [0.5, 0.6) is 0 Å². The van der Waals surface area contributed by atoms with E-state index in [-0.39, 0.29) is 36.8 Å². The standard InChI is InChI=1S/C16H23N3O.2ClH/c17-11-6-8-12(9-7-11)19-16(20)14-3-1-5-15-13(14)4-2-10-18-15;;/h1,3,5,11-12,18H,2,4,6-10,17H2,(H,19,20);2*1H. The van der Waals surface area contributed by atoms with E-state index in [9.17, 15) is 4.79 Å². The number of hydrogen-bond acceptors (Lipinski definition) is 3. The number of amides is 1. The molecule has 6 heteroatoms. The van der Waals surface area contributed by atoms with Gasteiger partial charge < -0.3 is 16.4 Å². The molecule has 4 N–H and O–H groups in total. The molecule has 2 aliphatic rings. The first-order chi connectivity index (χ1) is 9.74. The minimum absolute atomic E-state index is 0. The van der Waals surface area contributed by atoms with Crippen LogP contribution < -0.4 is 16.4 Å². The van der Waals surface area contributed by atoms with E-state index in [1.54, 1.807) is 0 Å². The number of fused-ring (bicyclic) bond motifs is 1. The quantitative estimate of drug-likeness (QED) is 0.771. The number of nitrogens with one attached hydrogen (secondary N) is 2. The van der Waals surface area contributed by atoms with Gasteiger partial charge in [0.15, 0.2) is 0 Å². The van der Waals surface area contributed by atoms with Gasteiger partial charge in [-0.15, -0.1) is 24.8 Å². The molecule has 22 heavy (non-hydrogen) atoms. The Labute approximate surface area is 144 Å². The first-order valence-electron chi connectivity index (χ1n) is 7.66. The highest BCUT2D eigenvalue weighted by Crippen LogP contribution is 2.26. The topological polar surface area (TPSA) is 67.1 Å². The summed E-state index contributed by atoms with van der Waals surface area (Å²) in [6.45, 7) is 0.999. The number of halogens is 2. The van der Waals surface area contributed by atoms with E-state index in [1.165, 1.54) is 5.56 Å². The van der Waals surface area contributed by atoms with Crippen LogP contribution in [0, 0.1) is 0 Å². The van der Waals surface area contributed by atoms with E-state index in [4.69, 9.17) is 5.73 Å². The Morgan fingerprint density at radius 2 is 1.91 bits per heavy atom. The molecule has 4 nitrogen and oxygen atoms in total. The third-order valence-corrected chi connectivity index (χ3v) is 4.45. The minimum atomic E-state index is 0. The summed E-state index contributed by atoms with van der Waals surface area (Å²) in [5.74, 6) is 0.0750. The second kappa shape index (κ2) is 8.61. The maximum Gasteiger partial charge on any atom is 0.251 e. The molecule has 1 aromatic rings. The Kier molecular flexibility index (Phi) is 7.46. The largest absolute Gasteiger partial charge is 0.385 e. The van der Waals surface area contributed by atoms with Gasteiger partial charge in [0, 0.05) is 29.9 Å². The fourth-order valence-corrected chi connectivity index (χ4v) is 3.25. The third-order valence-electron chi connectivity index (χ3n) is 4.45. The molecule has 0 spiro atoms. The van der Waals surface area contributed by atoms with Crippen LogP contribution in [-0.4, -0.2) is 24.5 Å². The highest BCUT2D eigenvalue weighted by atomic mass is 35.5. The van der Waals surface area contributed by atoms with Crippen molar-refractivity contribution in [3.05, 3.63) is 29.3 Å². The lowest BCUT2D eigenvalue weighted by Crippen LogP contribution is -2.40. The van der Waals surface area contributed by atoms with Crippen LogP contribution in [0.15, 0.2) is 18.2 Å². The van der Waals surface area contributed by atoms with E-state index in [1.807, 2.05) is 12.1 Å². The van der Waals surface area contributed by atoms with Gasteiger partial charge in [0.05, 0.1) is 0 Å². The van der Waals surface area contributed by atoms with Gasteiger partial charge in [-0.05, 0) is 56.2 Å². The van der Waals surface area contributed by atoms with Gasteiger partial charge in [0.1, 0.15) is 0 Å². The van der Waals surface area contributed by atoms with Crippen molar-refractivity contribution >= 4 is 36.4 Å². The van der Waals surface area contributed by atoms with Gasteiger partial charge in [-0.2, -0.15) is 0 Å². The first kappa shape index (κ1) is 19.1. The van der Waals surface area contributed by atoms with E-state index < -0.39 is 0 Å². The molecule has 1 aromatic carbocycles. The average Bonchev–Trinajstić information content (AvgIpc) is 2.49. The Morgan fingerprint density at radius 1 is 1.18 bits per heavy atom. The zero-order valence-corrected chi connectivity index (χ0v) is 14.3. The van der Waals surface area contributed by atoms with Crippen molar-refractivity contribution in [2.45, 2.75) is 50.6 Å². The molecule has 0 atom stereocenters. The molecule has 1 amide bonds. The molecule has 124 valence electrons. The fraction of sp³-hybridized carbons (Fsp3) is 0.562. The monoisotopic (exact) mass is 345 g/mol. The predicted molar refractivity (Wildman–Crippen MR) is 95.4 cm³/mol. The average molecular weight is 346 g/mol. The summed E-state index contributed by atoms with van der Waals surface area (Å²) in [4.78, 5) is 12.5. The van der Waals surface area contributed by atoms with Crippen LogP contribution in [0.1, 0.15) is 48.0 Å². The van der Waals surface area contributed by atoms with Crippen molar-refractivity contribution < 1.29 is 4.79 Å². The van der Waals surface area contributed by atoms with Gasteiger partial charge in [0.25, 0.3) is 5.91 Å². The van der Waals surface area contributed by atoms with Gasteiger partial charge in [-0.3, -0.25) is 4.79 Å². The van der Waals surface area contributed by atoms with E-state index in [0.29, 0.717) is 6.04 Å². The smallest absolute Gasteiger partial charge is 0.251 e. The van der Waals surface area contributed by atoms with Crippen LogP contribution in [0.4, 0.5) is 5.69 Å². The number of rotatable bonds is 2. The molecule has 1 aliphatic heterocycles. The van der Waals surface area contributed by atoms with Crippen LogP contribution in [0.3, 0.4) is 0 Å². The first-order valence-corrected chi connectivity index (χ1v) is 7.66. The van der Waals surface area contributed by atoms with Crippen molar-refractivity contribution in [3.8, 4) is 0 Å². The summed E-state index contributed by atoms with van der Waals surface area (Å²) in [5.41, 5.74) is 9.04. The van der Waals surface area contributed by atoms with Crippen LogP contribution >= 0.6 is 24.8 Å². The molecular weight excluding hydrogens is 321 g/mol.